The van der Waals surface area contributed by atoms with Gasteiger partial charge in [0.15, 0.2) is 0 Å². The summed E-state index contributed by atoms with van der Waals surface area (Å²) in [7, 11) is 0. The third-order valence-electron chi connectivity index (χ3n) is 5.68. The van der Waals surface area contributed by atoms with E-state index in [2.05, 4.69) is 23.6 Å². The highest BCUT2D eigenvalue weighted by Gasteiger charge is 2.57. The van der Waals surface area contributed by atoms with Crippen LogP contribution in [0.3, 0.4) is 0 Å². The molecular weight excluding hydrogens is 238 g/mol. The number of piperazine rings is 1. The highest BCUT2D eigenvalue weighted by molar-refractivity contribution is 5.84. The molecule has 2 aliphatic carbocycles. The molecule has 108 valence electrons. The summed E-state index contributed by atoms with van der Waals surface area (Å²) in [6, 6.07) is 0.588. The van der Waals surface area contributed by atoms with Crippen LogP contribution in [0.4, 0.5) is 0 Å². The summed E-state index contributed by atoms with van der Waals surface area (Å²) in [4.78, 5) is 17.4. The van der Waals surface area contributed by atoms with Crippen LogP contribution in [-0.4, -0.2) is 53.5 Å². The Hall–Kier alpha value is -0.610. The lowest BCUT2D eigenvalue weighted by molar-refractivity contribution is -0.143. The molecule has 0 aromatic rings. The van der Waals surface area contributed by atoms with E-state index in [0.29, 0.717) is 11.9 Å². The van der Waals surface area contributed by atoms with Gasteiger partial charge in [-0.1, -0.05) is 0 Å². The number of hydrogen-bond donors (Lipinski definition) is 1. The van der Waals surface area contributed by atoms with Crippen molar-refractivity contribution >= 4 is 5.91 Å². The number of rotatable bonds is 2. The minimum Gasteiger partial charge on any atom is -0.340 e. The second-order valence-corrected chi connectivity index (χ2v) is 7.24. The van der Waals surface area contributed by atoms with Crippen molar-refractivity contribution in [2.75, 3.05) is 26.2 Å². The molecule has 1 amide bonds. The first-order chi connectivity index (χ1) is 8.94. The van der Waals surface area contributed by atoms with E-state index >= 15 is 0 Å². The maximum Gasteiger partial charge on any atom is 0.228 e. The van der Waals surface area contributed by atoms with E-state index in [9.17, 15) is 4.79 Å². The number of carbonyl (C=O) groups excluding carboxylic acids is 1. The van der Waals surface area contributed by atoms with E-state index in [1.54, 1.807) is 0 Å². The normalized spacial score (nSPS) is 39.3. The van der Waals surface area contributed by atoms with Crippen LogP contribution in [-0.2, 0) is 4.79 Å². The summed E-state index contributed by atoms with van der Waals surface area (Å²) in [6.07, 6.45) is 5.07. The Labute approximate surface area is 116 Å². The van der Waals surface area contributed by atoms with Crippen LogP contribution in [0.25, 0.3) is 0 Å². The first-order valence-electron chi connectivity index (χ1n) is 7.77. The third-order valence-corrected chi connectivity index (χ3v) is 5.68. The molecule has 2 bridgehead atoms. The molecule has 3 aliphatic rings. The van der Waals surface area contributed by atoms with Crippen molar-refractivity contribution in [2.24, 2.45) is 11.1 Å². The Kier molecular flexibility index (Phi) is 3.13. The molecule has 1 aliphatic heterocycles. The summed E-state index contributed by atoms with van der Waals surface area (Å²) in [5.41, 5.74) is 6.23. The number of hydrogen-bond acceptors (Lipinski definition) is 3. The zero-order valence-electron chi connectivity index (χ0n) is 12.3. The number of nitrogens with two attached hydrogens (primary N) is 1. The van der Waals surface area contributed by atoms with Crippen LogP contribution >= 0.6 is 0 Å². The minimum atomic E-state index is -0.0885. The Bertz CT molecular complexity index is 364. The van der Waals surface area contributed by atoms with Crippen LogP contribution in [0.2, 0.25) is 0 Å². The molecule has 0 spiro atoms. The lowest BCUT2D eigenvalue weighted by Crippen LogP contribution is -2.53. The fourth-order valence-electron chi connectivity index (χ4n) is 4.32. The lowest BCUT2D eigenvalue weighted by Gasteiger charge is -2.40. The van der Waals surface area contributed by atoms with E-state index in [-0.39, 0.29) is 11.0 Å². The molecule has 1 heterocycles. The van der Waals surface area contributed by atoms with Gasteiger partial charge in [0.25, 0.3) is 0 Å². The molecule has 19 heavy (non-hydrogen) atoms. The van der Waals surface area contributed by atoms with Gasteiger partial charge in [0.2, 0.25) is 5.91 Å². The predicted molar refractivity (Wildman–Crippen MR) is 75.7 cm³/mol. The molecule has 0 aromatic carbocycles. The molecular formula is C15H27N3O. The quantitative estimate of drug-likeness (QED) is 0.816. The first-order valence-corrected chi connectivity index (χ1v) is 7.77. The second kappa shape index (κ2) is 4.45. The molecule has 3 rings (SSSR count). The van der Waals surface area contributed by atoms with E-state index in [1.807, 2.05) is 0 Å². The number of nitrogens with zero attached hydrogens (tertiary/aromatic N) is 2. The van der Waals surface area contributed by atoms with Gasteiger partial charge >= 0.3 is 0 Å². The molecule has 3 fully saturated rings. The summed E-state index contributed by atoms with van der Waals surface area (Å²) >= 11 is 0. The van der Waals surface area contributed by atoms with Crippen LogP contribution in [0.5, 0.6) is 0 Å². The Balaban J connectivity index is 1.63. The summed E-state index contributed by atoms with van der Waals surface area (Å²) in [6.45, 7) is 8.30. The van der Waals surface area contributed by atoms with Crippen LogP contribution < -0.4 is 5.73 Å². The number of carbonyl (C=O) groups is 1. The predicted octanol–water partition coefficient (Wildman–Crippen LogP) is 1.20. The van der Waals surface area contributed by atoms with Crippen molar-refractivity contribution in [3.63, 3.8) is 0 Å². The summed E-state index contributed by atoms with van der Waals surface area (Å²) in [5.74, 6) is 0.403. The molecule has 4 nitrogen and oxygen atoms in total. The molecule has 0 aromatic heterocycles. The largest absolute Gasteiger partial charge is 0.340 e. The van der Waals surface area contributed by atoms with Crippen molar-refractivity contribution in [3.8, 4) is 0 Å². The van der Waals surface area contributed by atoms with Gasteiger partial charge in [-0.3, -0.25) is 9.69 Å². The highest BCUT2D eigenvalue weighted by atomic mass is 16.2. The molecule has 4 heteroatoms. The van der Waals surface area contributed by atoms with Gasteiger partial charge < -0.3 is 10.6 Å². The number of amides is 1. The Morgan fingerprint density at radius 3 is 2.05 bits per heavy atom. The van der Waals surface area contributed by atoms with Crippen molar-refractivity contribution in [3.05, 3.63) is 0 Å². The zero-order chi connectivity index (χ0) is 13.7. The molecule has 2 N–H and O–H groups in total. The van der Waals surface area contributed by atoms with Crippen molar-refractivity contribution in [2.45, 2.75) is 57.5 Å². The lowest BCUT2D eigenvalue weighted by atomic mass is 9.82. The molecule has 2 saturated carbocycles. The fraction of sp³-hybridized carbons (Fsp3) is 0.933. The average molecular weight is 265 g/mol. The van der Waals surface area contributed by atoms with Crippen molar-refractivity contribution in [1.29, 1.82) is 0 Å². The minimum absolute atomic E-state index is 0.0184. The van der Waals surface area contributed by atoms with E-state index in [4.69, 9.17) is 5.73 Å². The number of fused-ring (bicyclic) bond motifs is 2. The van der Waals surface area contributed by atoms with Gasteiger partial charge in [-0.15, -0.1) is 0 Å². The molecule has 0 atom stereocenters. The second-order valence-electron chi connectivity index (χ2n) is 7.24. The van der Waals surface area contributed by atoms with E-state index in [1.165, 1.54) is 0 Å². The van der Waals surface area contributed by atoms with Gasteiger partial charge in [-0.2, -0.15) is 0 Å². The highest BCUT2D eigenvalue weighted by Crippen LogP contribution is 2.56. The van der Waals surface area contributed by atoms with Crippen LogP contribution in [0.1, 0.15) is 46.0 Å². The molecule has 0 unspecified atom stereocenters. The van der Waals surface area contributed by atoms with Crippen molar-refractivity contribution < 1.29 is 4.79 Å². The topological polar surface area (TPSA) is 49.6 Å². The van der Waals surface area contributed by atoms with E-state index in [0.717, 1.165) is 58.3 Å². The van der Waals surface area contributed by atoms with Gasteiger partial charge in [0.05, 0.1) is 5.41 Å². The van der Waals surface area contributed by atoms with Gasteiger partial charge in [0.1, 0.15) is 0 Å². The monoisotopic (exact) mass is 265 g/mol. The van der Waals surface area contributed by atoms with Gasteiger partial charge in [-0.05, 0) is 46.0 Å². The van der Waals surface area contributed by atoms with Crippen molar-refractivity contribution in [1.82, 2.24) is 9.80 Å². The Morgan fingerprint density at radius 1 is 1.05 bits per heavy atom. The third kappa shape index (κ3) is 2.19. The maximum atomic E-state index is 12.9. The summed E-state index contributed by atoms with van der Waals surface area (Å²) < 4.78 is 0. The molecule has 0 radical (unpaired) electrons. The van der Waals surface area contributed by atoms with Crippen LogP contribution in [0.15, 0.2) is 0 Å². The SMILES string of the molecule is CC(C)N1CCN(C(=O)C23CCC(N)(CC2)C3)CC1. The van der Waals surface area contributed by atoms with E-state index < -0.39 is 0 Å². The smallest absolute Gasteiger partial charge is 0.228 e. The van der Waals surface area contributed by atoms with Gasteiger partial charge in [-0.25, -0.2) is 0 Å². The summed E-state index contributed by atoms with van der Waals surface area (Å²) in [5, 5.41) is 0. The fourth-order valence-corrected chi connectivity index (χ4v) is 4.32. The average Bonchev–Trinajstić information content (AvgIpc) is 2.93. The van der Waals surface area contributed by atoms with Gasteiger partial charge in [0, 0.05) is 37.8 Å². The zero-order valence-corrected chi connectivity index (χ0v) is 12.3. The standard InChI is InChI=1S/C15H27N3O/c1-12(2)17-7-9-18(10-8-17)13(19)14-3-5-15(16,11-14)6-4-14/h12H,3-11,16H2,1-2H3. The van der Waals surface area contributed by atoms with Crippen LogP contribution in [0, 0.1) is 5.41 Å². The first kappa shape index (κ1) is 13.4. The molecule has 1 saturated heterocycles. The Morgan fingerprint density at radius 2 is 1.63 bits per heavy atom. The maximum absolute atomic E-state index is 12.9.